The van der Waals surface area contributed by atoms with Crippen LogP contribution in [-0.2, 0) is 4.43 Å². The summed E-state index contributed by atoms with van der Waals surface area (Å²) in [7, 11) is -1.78. The second-order valence-corrected chi connectivity index (χ2v) is 12.0. The molecule has 21 heavy (non-hydrogen) atoms. The van der Waals surface area contributed by atoms with Crippen LogP contribution in [-0.4, -0.2) is 13.3 Å². The Labute approximate surface area is 129 Å². The van der Waals surface area contributed by atoms with Crippen LogP contribution in [0.2, 0.25) is 18.1 Å². The van der Waals surface area contributed by atoms with Gasteiger partial charge in [-0.2, -0.15) is 0 Å². The van der Waals surface area contributed by atoms with Crippen LogP contribution in [0.1, 0.15) is 45.9 Å². The van der Waals surface area contributed by atoms with Crippen molar-refractivity contribution in [1.82, 2.24) is 4.98 Å². The summed E-state index contributed by atoms with van der Waals surface area (Å²) in [5.74, 6) is 0. The summed E-state index contributed by atoms with van der Waals surface area (Å²) in [6.07, 6.45) is 1.05. The van der Waals surface area contributed by atoms with Gasteiger partial charge >= 0.3 is 0 Å². The van der Waals surface area contributed by atoms with E-state index in [1.807, 2.05) is 12.1 Å². The van der Waals surface area contributed by atoms with Gasteiger partial charge in [-0.25, -0.2) is 0 Å². The Hall–Kier alpha value is -1.19. The minimum atomic E-state index is -1.78. The first-order valence-corrected chi connectivity index (χ1v) is 10.7. The Kier molecular flexibility index (Phi) is 4.54. The van der Waals surface area contributed by atoms with E-state index in [0.29, 0.717) is 0 Å². The van der Waals surface area contributed by atoms with E-state index in [4.69, 9.17) is 9.41 Å². The van der Waals surface area contributed by atoms with Gasteiger partial charge in [0.25, 0.3) is 0 Å². The normalized spacial score (nSPS) is 14.4. The first-order valence-electron chi connectivity index (χ1n) is 7.78. The minimum absolute atomic E-state index is 0.0931. The maximum absolute atomic E-state index is 6.56. The molecule has 1 aromatic carbocycles. The van der Waals surface area contributed by atoms with E-state index in [0.717, 1.165) is 17.6 Å². The van der Waals surface area contributed by atoms with Crippen LogP contribution >= 0.6 is 0 Å². The molecule has 0 fully saturated rings. The largest absolute Gasteiger partial charge is 0.408 e. The summed E-state index contributed by atoms with van der Waals surface area (Å²) < 4.78 is 6.56. The molecule has 1 heterocycles. The molecular formula is C18H27NOSi. The molecule has 3 heteroatoms. The highest BCUT2D eigenvalue weighted by molar-refractivity contribution is 6.74. The van der Waals surface area contributed by atoms with Crippen LogP contribution in [0.25, 0.3) is 10.9 Å². The van der Waals surface area contributed by atoms with Gasteiger partial charge in [-0.05, 0) is 36.7 Å². The Morgan fingerprint density at radius 2 is 1.76 bits per heavy atom. The zero-order chi connectivity index (χ0) is 15.7. The van der Waals surface area contributed by atoms with Gasteiger partial charge in [0.1, 0.15) is 0 Å². The van der Waals surface area contributed by atoms with Crippen molar-refractivity contribution in [2.75, 3.05) is 0 Å². The number of para-hydroxylation sites is 1. The van der Waals surface area contributed by atoms with Crippen molar-refractivity contribution in [3.8, 4) is 0 Å². The average Bonchev–Trinajstić information content (AvgIpc) is 2.43. The molecule has 1 aromatic heterocycles. The topological polar surface area (TPSA) is 22.1 Å². The molecular weight excluding hydrogens is 274 g/mol. The summed E-state index contributed by atoms with van der Waals surface area (Å²) in [5, 5.41) is 1.40. The molecule has 0 N–H and O–H groups in total. The Bertz CT molecular complexity index is 616. The van der Waals surface area contributed by atoms with Crippen molar-refractivity contribution < 1.29 is 4.43 Å². The number of hydrogen-bond donors (Lipinski definition) is 0. The van der Waals surface area contributed by atoms with Crippen molar-refractivity contribution in [3.63, 3.8) is 0 Å². The monoisotopic (exact) mass is 301 g/mol. The first kappa shape index (κ1) is 16.2. The molecule has 0 spiro atoms. The maximum atomic E-state index is 6.56. The third-order valence-electron chi connectivity index (χ3n) is 4.56. The first-order chi connectivity index (χ1) is 9.74. The van der Waals surface area contributed by atoms with Gasteiger partial charge in [0.15, 0.2) is 8.32 Å². The van der Waals surface area contributed by atoms with Gasteiger partial charge in [0, 0.05) is 5.39 Å². The fraction of sp³-hybridized carbons (Fsp3) is 0.500. The van der Waals surface area contributed by atoms with Crippen molar-refractivity contribution in [1.29, 1.82) is 0 Å². The highest BCUT2D eigenvalue weighted by Gasteiger charge is 2.39. The highest BCUT2D eigenvalue weighted by atomic mass is 28.4. The van der Waals surface area contributed by atoms with E-state index < -0.39 is 8.32 Å². The van der Waals surface area contributed by atoms with Crippen molar-refractivity contribution >= 4 is 19.2 Å². The molecule has 0 amide bonds. The lowest BCUT2D eigenvalue weighted by Gasteiger charge is -2.39. The number of aromatic nitrogens is 1. The molecule has 0 bridgehead atoms. The number of pyridine rings is 1. The molecule has 0 radical (unpaired) electrons. The van der Waals surface area contributed by atoms with Gasteiger partial charge in [-0.1, -0.05) is 52.0 Å². The Morgan fingerprint density at radius 1 is 1.10 bits per heavy atom. The van der Waals surface area contributed by atoms with Crippen molar-refractivity contribution in [2.45, 2.75) is 58.4 Å². The van der Waals surface area contributed by atoms with E-state index in [1.165, 1.54) is 5.39 Å². The zero-order valence-electron chi connectivity index (χ0n) is 14.1. The van der Waals surface area contributed by atoms with Crippen LogP contribution in [0.15, 0.2) is 36.4 Å². The van der Waals surface area contributed by atoms with Crippen molar-refractivity contribution in [2.24, 2.45) is 0 Å². The van der Waals surface area contributed by atoms with Crippen LogP contribution in [0.4, 0.5) is 0 Å². The summed E-state index contributed by atoms with van der Waals surface area (Å²) in [4.78, 5) is 4.81. The Balaban J connectivity index is 2.31. The third kappa shape index (κ3) is 3.53. The number of fused-ring (bicyclic) bond motifs is 1. The van der Waals surface area contributed by atoms with Crippen molar-refractivity contribution in [3.05, 3.63) is 42.1 Å². The SMILES string of the molecule is CC[C@H](O[Si](C)(C)C(C)(C)C)c1ccc2ccccc2n1. The van der Waals surface area contributed by atoms with Gasteiger partial charge in [0.05, 0.1) is 17.3 Å². The molecule has 0 aliphatic rings. The van der Waals surface area contributed by atoms with Gasteiger partial charge in [0.2, 0.25) is 0 Å². The van der Waals surface area contributed by atoms with Gasteiger partial charge in [-0.15, -0.1) is 0 Å². The molecule has 2 rings (SSSR count). The standard InChI is InChI=1S/C18H27NOSi/c1-7-17(20-21(5,6)18(2,3)4)16-13-12-14-10-8-9-11-15(14)19-16/h8-13,17H,7H2,1-6H3/t17-/m0/s1. The van der Waals surface area contributed by atoms with E-state index in [1.54, 1.807) is 0 Å². The smallest absolute Gasteiger partial charge is 0.192 e. The van der Waals surface area contributed by atoms with E-state index >= 15 is 0 Å². The zero-order valence-corrected chi connectivity index (χ0v) is 15.1. The molecule has 2 nitrogen and oxygen atoms in total. The molecule has 0 aliphatic heterocycles. The van der Waals surface area contributed by atoms with Crippen LogP contribution in [0.5, 0.6) is 0 Å². The lowest BCUT2D eigenvalue weighted by molar-refractivity contribution is 0.175. The lowest BCUT2D eigenvalue weighted by Crippen LogP contribution is -2.41. The molecule has 0 saturated carbocycles. The summed E-state index contributed by atoms with van der Waals surface area (Å²) in [6, 6.07) is 12.5. The summed E-state index contributed by atoms with van der Waals surface area (Å²) >= 11 is 0. The third-order valence-corrected chi connectivity index (χ3v) is 9.05. The predicted octanol–water partition coefficient (Wildman–Crippen LogP) is 5.71. The number of benzene rings is 1. The quantitative estimate of drug-likeness (QED) is 0.675. The highest BCUT2D eigenvalue weighted by Crippen LogP contribution is 2.40. The molecule has 1 atom stereocenters. The van der Waals surface area contributed by atoms with Gasteiger partial charge < -0.3 is 4.43 Å². The fourth-order valence-corrected chi connectivity index (χ4v) is 3.50. The number of hydrogen-bond acceptors (Lipinski definition) is 2. The molecule has 0 saturated heterocycles. The summed E-state index contributed by atoms with van der Waals surface area (Å²) in [6.45, 7) is 13.6. The number of rotatable bonds is 4. The molecule has 114 valence electrons. The fourth-order valence-electron chi connectivity index (χ4n) is 2.15. The predicted molar refractivity (Wildman–Crippen MR) is 93.1 cm³/mol. The number of nitrogens with zero attached hydrogens (tertiary/aromatic N) is 1. The lowest BCUT2D eigenvalue weighted by atomic mass is 10.1. The van der Waals surface area contributed by atoms with Crippen LogP contribution in [0, 0.1) is 0 Å². The maximum Gasteiger partial charge on any atom is 0.192 e. The summed E-state index contributed by atoms with van der Waals surface area (Å²) in [5.41, 5.74) is 2.10. The van der Waals surface area contributed by atoms with E-state index in [-0.39, 0.29) is 11.1 Å². The second-order valence-electron chi connectivity index (χ2n) is 7.20. The van der Waals surface area contributed by atoms with Crippen LogP contribution < -0.4 is 0 Å². The van der Waals surface area contributed by atoms with Crippen LogP contribution in [0.3, 0.4) is 0 Å². The molecule has 2 aromatic rings. The van der Waals surface area contributed by atoms with E-state index in [9.17, 15) is 0 Å². The molecule has 0 aliphatic carbocycles. The van der Waals surface area contributed by atoms with E-state index in [2.05, 4.69) is 65.1 Å². The average molecular weight is 302 g/mol. The Morgan fingerprint density at radius 3 is 2.38 bits per heavy atom. The molecule has 0 unspecified atom stereocenters. The van der Waals surface area contributed by atoms with Gasteiger partial charge in [-0.3, -0.25) is 4.98 Å². The second kappa shape index (κ2) is 5.89. The minimum Gasteiger partial charge on any atom is -0.408 e.